The van der Waals surface area contributed by atoms with Crippen molar-refractivity contribution in [2.45, 2.75) is 19.4 Å². The molecule has 0 fully saturated rings. The Hall–Kier alpha value is -1.91. The Balaban J connectivity index is 1.99. The van der Waals surface area contributed by atoms with Crippen LogP contribution in [0.3, 0.4) is 0 Å². The summed E-state index contributed by atoms with van der Waals surface area (Å²) in [5, 5.41) is 14.7. The van der Waals surface area contributed by atoms with Crippen LogP contribution in [0.1, 0.15) is 24.0 Å². The number of hydrogen-bond donors (Lipinski definition) is 1. The molecule has 0 spiro atoms. The van der Waals surface area contributed by atoms with Crippen LogP contribution >= 0.6 is 11.6 Å². The highest BCUT2D eigenvalue weighted by Gasteiger charge is 2.16. The molecule has 0 amide bonds. The number of benzene rings is 2. The number of hydrogen-bond acceptors (Lipinski definition) is 3. The normalized spacial score (nSPS) is 12.1. The molecule has 5 heteroatoms. The molecule has 1 N–H and O–H groups in total. The lowest BCUT2D eigenvalue weighted by atomic mass is 10.0. The van der Waals surface area contributed by atoms with Crippen LogP contribution in [0.2, 0.25) is 5.02 Å². The van der Waals surface area contributed by atoms with E-state index in [0.29, 0.717) is 23.0 Å². The van der Waals surface area contributed by atoms with Gasteiger partial charge in [0.2, 0.25) is 0 Å². The minimum Gasteiger partial charge on any atom is -0.312 e. The number of halogens is 1. The lowest BCUT2D eigenvalue weighted by Gasteiger charge is -2.13. The van der Waals surface area contributed by atoms with E-state index in [-0.39, 0.29) is 5.69 Å². The Kier molecular flexibility index (Phi) is 5.31. The SMILES string of the molecule is CC(CNCc1c(Cl)cccc1[N+](=O)[O-])c1ccccc1. The van der Waals surface area contributed by atoms with Gasteiger partial charge in [-0.3, -0.25) is 10.1 Å². The monoisotopic (exact) mass is 304 g/mol. The van der Waals surface area contributed by atoms with Crippen LogP contribution in [0, 0.1) is 10.1 Å². The van der Waals surface area contributed by atoms with Gasteiger partial charge >= 0.3 is 0 Å². The highest BCUT2D eigenvalue weighted by atomic mass is 35.5. The number of nitro groups is 1. The number of nitro benzene ring substituents is 1. The summed E-state index contributed by atoms with van der Waals surface area (Å²) < 4.78 is 0. The summed E-state index contributed by atoms with van der Waals surface area (Å²) in [6.07, 6.45) is 0. The molecule has 0 bridgehead atoms. The molecule has 0 aliphatic heterocycles. The molecule has 1 unspecified atom stereocenters. The van der Waals surface area contributed by atoms with E-state index in [9.17, 15) is 10.1 Å². The van der Waals surface area contributed by atoms with Crippen molar-refractivity contribution in [2.75, 3.05) is 6.54 Å². The van der Waals surface area contributed by atoms with Crippen LogP contribution in [0.15, 0.2) is 48.5 Å². The summed E-state index contributed by atoms with van der Waals surface area (Å²) in [6, 6.07) is 14.9. The van der Waals surface area contributed by atoms with E-state index < -0.39 is 4.92 Å². The van der Waals surface area contributed by atoms with E-state index in [1.54, 1.807) is 12.1 Å². The van der Waals surface area contributed by atoms with E-state index in [2.05, 4.69) is 24.4 Å². The first-order valence-corrected chi connectivity index (χ1v) is 7.15. The molecule has 1 atom stereocenters. The van der Waals surface area contributed by atoms with Crippen molar-refractivity contribution in [3.8, 4) is 0 Å². The second-order valence-corrected chi connectivity index (χ2v) is 5.34. The van der Waals surface area contributed by atoms with Crippen molar-refractivity contribution in [1.82, 2.24) is 5.32 Å². The lowest BCUT2D eigenvalue weighted by molar-refractivity contribution is -0.385. The van der Waals surface area contributed by atoms with Crippen molar-refractivity contribution in [2.24, 2.45) is 0 Å². The van der Waals surface area contributed by atoms with Crippen LogP contribution in [0.5, 0.6) is 0 Å². The first-order valence-electron chi connectivity index (χ1n) is 6.77. The fraction of sp³-hybridized carbons (Fsp3) is 0.250. The summed E-state index contributed by atoms with van der Waals surface area (Å²) in [6.45, 7) is 3.23. The van der Waals surface area contributed by atoms with Gasteiger partial charge in [-0.05, 0) is 17.5 Å². The molecule has 2 rings (SSSR count). The first kappa shape index (κ1) is 15.5. The number of rotatable bonds is 6. The van der Waals surface area contributed by atoms with E-state index in [1.165, 1.54) is 11.6 Å². The van der Waals surface area contributed by atoms with E-state index in [4.69, 9.17) is 11.6 Å². The van der Waals surface area contributed by atoms with Gasteiger partial charge in [0, 0.05) is 19.2 Å². The molecular formula is C16H17ClN2O2. The Labute approximate surface area is 128 Å². The van der Waals surface area contributed by atoms with Gasteiger partial charge in [-0.2, -0.15) is 0 Å². The van der Waals surface area contributed by atoms with Gasteiger partial charge in [0.05, 0.1) is 15.5 Å². The molecule has 21 heavy (non-hydrogen) atoms. The van der Waals surface area contributed by atoms with Crippen LogP contribution in [0.4, 0.5) is 5.69 Å². The molecule has 0 heterocycles. The standard InChI is InChI=1S/C16H17ClN2O2/c1-12(13-6-3-2-4-7-13)10-18-11-14-15(17)8-5-9-16(14)19(20)21/h2-9,12,18H,10-11H2,1H3. The van der Waals surface area contributed by atoms with Gasteiger partial charge in [0.15, 0.2) is 0 Å². The molecule has 0 saturated carbocycles. The molecule has 0 radical (unpaired) electrons. The summed E-state index contributed by atoms with van der Waals surface area (Å²) in [4.78, 5) is 10.6. The van der Waals surface area contributed by atoms with Crippen molar-refractivity contribution >= 4 is 17.3 Å². The maximum absolute atomic E-state index is 11.0. The average Bonchev–Trinajstić information content (AvgIpc) is 2.49. The van der Waals surface area contributed by atoms with Crippen molar-refractivity contribution in [3.05, 3.63) is 74.8 Å². The highest BCUT2D eigenvalue weighted by molar-refractivity contribution is 6.31. The summed E-state index contributed by atoms with van der Waals surface area (Å²) in [5.74, 6) is 0.327. The minimum atomic E-state index is -0.399. The third-order valence-electron chi connectivity index (χ3n) is 3.41. The average molecular weight is 305 g/mol. The fourth-order valence-electron chi connectivity index (χ4n) is 2.21. The van der Waals surface area contributed by atoms with Gasteiger partial charge in [-0.1, -0.05) is 54.9 Å². The number of nitrogens with zero attached hydrogens (tertiary/aromatic N) is 1. The van der Waals surface area contributed by atoms with E-state index >= 15 is 0 Å². The smallest absolute Gasteiger partial charge is 0.275 e. The largest absolute Gasteiger partial charge is 0.312 e. The van der Waals surface area contributed by atoms with Crippen molar-refractivity contribution in [1.29, 1.82) is 0 Å². The molecular weight excluding hydrogens is 288 g/mol. The molecule has 2 aromatic carbocycles. The van der Waals surface area contributed by atoms with Crippen LogP contribution in [-0.4, -0.2) is 11.5 Å². The number of nitrogens with one attached hydrogen (secondary N) is 1. The van der Waals surface area contributed by atoms with Gasteiger partial charge in [-0.25, -0.2) is 0 Å². The fourth-order valence-corrected chi connectivity index (χ4v) is 2.44. The lowest BCUT2D eigenvalue weighted by Crippen LogP contribution is -2.20. The maximum atomic E-state index is 11.0. The summed E-state index contributed by atoms with van der Waals surface area (Å²) in [5.41, 5.74) is 1.82. The first-order chi connectivity index (χ1) is 10.1. The zero-order valence-electron chi connectivity index (χ0n) is 11.8. The predicted octanol–water partition coefficient (Wildman–Crippen LogP) is 4.14. The van der Waals surface area contributed by atoms with E-state index in [0.717, 1.165) is 6.54 Å². The van der Waals surface area contributed by atoms with Gasteiger partial charge in [-0.15, -0.1) is 0 Å². The molecule has 2 aromatic rings. The van der Waals surface area contributed by atoms with Gasteiger partial charge in [0.1, 0.15) is 0 Å². The Morgan fingerprint density at radius 1 is 1.19 bits per heavy atom. The third-order valence-corrected chi connectivity index (χ3v) is 3.77. The third kappa shape index (κ3) is 4.03. The van der Waals surface area contributed by atoms with Gasteiger partial charge in [0.25, 0.3) is 5.69 Å². The predicted molar refractivity (Wildman–Crippen MR) is 84.7 cm³/mol. The topological polar surface area (TPSA) is 55.2 Å². The van der Waals surface area contributed by atoms with Crippen LogP contribution < -0.4 is 5.32 Å². The second-order valence-electron chi connectivity index (χ2n) is 4.94. The highest BCUT2D eigenvalue weighted by Crippen LogP contribution is 2.26. The molecule has 0 aliphatic carbocycles. The molecule has 0 aliphatic rings. The van der Waals surface area contributed by atoms with Crippen LogP contribution in [-0.2, 0) is 6.54 Å². The molecule has 0 aromatic heterocycles. The van der Waals surface area contributed by atoms with Crippen molar-refractivity contribution < 1.29 is 4.92 Å². The summed E-state index contributed by atoms with van der Waals surface area (Å²) >= 11 is 6.06. The Morgan fingerprint density at radius 2 is 1.90 bits per heavy atom. The maximum Gasteiger partial charge on any atom is 0.275 e. The zero-order valence-corrected chi connectivity index (χ0v) is 12.5. The minimum absolute atomic E-state index is 0.0577. The van der Waals surface area contributed by atoms with Crippen LogP contribution in [0.25, 0.3) is 0 Å². The molecule has 4 nitrogen and oxygen atoms in total. The quantitative estimate of drug-likeness (QED) is 0.644. The van der Waals surface area contributed by atoms with Crippen molar-refractivity contribution in [3.63, 3.8) is 0 Å². The summed E-state index contributed by atoms with van der Waals surface area (Å²) in [7, 11) is 0. The zero-order chi connectivity index (χ0) is 15.2. The molecule has 110 valence electrons. The second kappa shape index (κ2) is 7.20. The van der Waals surface area contributed by atoms with E-state index in [1.807, 2.05) is 18.2 Å². The Bertz CT molecular complexity index is 617. The van der Waals surface area contributed by atoms with Gasteiger partial charge < -0.3 is 5.32 Å². The Morgan fingerprint density at radius 3 is 2.57 bits per heavy atom. The molecule has 0 saturated heterocycles.